The van der Waals surface area contributed by atoms with Gasteiger partial charge in [0.25, 0.3) is 0 Å². The summed E-state index contributed by atoms with van der Waals surface area (Å²) in [7, 11) is 0. The maximum atomic E-state index is 12.7. The van der Waals surface area contributed by atoms with Crippen LogP contribution in [-0.2, 0) is 16.0 Å². The molecule has 2 fully saturated rings. The van der Waals surface area contributed by atoms with Crippen molar-refractivity contribution in [3.8, 4) is 0 Å². The zero-order valence-electron chi connectivity index (χ0n) is 14.3. The smallest absolute Gasteiger partial charge is 0.225 e. The van der Waals surface area contributed by atoms with Gasteiger partial charge in [0, 0.05) is 32.2 Å². The lowest BCUT2D eigenvalue weighted by Crippen LogP contribution is -2.44. The molecule has 0 bridgehead atoms. The van der Waals surface area contributed by atoms with Crippen LogP contribution < -0.4 is 0 Å². The molecule has 3 heteroatoms. The predicted molar refractivity (Wildman–Crippen MR) is 92.3 cm³/mol. The van der Waals surface area contributed by atoms with E-state index >= 15 is 0 Å². The molecular weight excluding hydrogens is 286 g/mol. The monoisotopic (exact) mass is 315 g/mol. The van der Waals surface area contributed by atoms with Crippen LogP contribution in [0.25, 0.3) is 0 Å². The summed E-state index contributed by atoms with van der Waals surface area (Å²) in [5.74, 6) is 1.25. The van der Waals surface area contributed by atoms with Crippen molar-refractivity contribution in [2.24, 2.45) is 11.8 Å². The van der Waals surface area contributed by atoms with Gasteiger partial charge in [-0.2, -0.15) is 0 Å². The fourth-order valence-corrected chi connectivity index (χ4v) is 3.95. The van der Waals surface area contributed by atoms with Crippen LogP contribution in [0.4, 0.5) is 0 Å². The summed E-state index contributed by atoms with van der Waals surface area (Å²) >= 11 is 0. The number of piperidine rings is 1. The fraction of sp³-hybridized carbons (Fsp3) is 0.650. The first kappa shape index (κ1) is 16.5. The van der Waals surface area contributed by atoms with E-state index in [2.05, 4.69) is 36.1 Å². The van der Waals surface area contributed by atoms with E-state index in [0.717, 1.165) is 52.0 Å². The second-order valence-electron chi connectivity index (χ2n) is 7.14. The van der Waals surface area contributed by atoms with Crippen molar-refractivity contribution >= 4 is 5.91 Å². The molecule has 2 heterocycles. The van der Waals surface area contributed by atoms with Gasteiger partial charge in [-0.3, -0.25) is 4.79 Å². The zero-order valence-corrected chi connectivity index (χ0v) is 14.3. The van der Waals surface area contributed by atoms with Gasteiger partial charge >= 0.3 is 0 Å². The van der Waals surface area contributed by atoms with Crippen molar-refractivity contribution < 1.29 is 9.53 Å². The lowest BCUT2D eigenvalue weighted by molar-refractivity contribution is -0.140. The van der Waals surface area contributed by atoms with E-state index in [9.17, 15) is 4.79 Å². The van der Waals surface area contributed by atoms with Crippen molar-refractivity contribution in [2.45, 2.75) is 45.4 Å². The molecule has 3 rings (SSSR count). The number of aryl methyl sites for hydroxylation is 2. The Morgan fingerprint density at radius 2 is 2.00 bits per heavy atom. The predicted octanol–water partition coefficient (Wildman–Crippen LogP) is 3.59. The molecule has 0 saturated carbocycles. The summed E-state index contributed by atoms with van der Waals surface area (Å²) in [5, 5.41) is 0. The number of carbonyl (C=O) groups excluding carboxylic acids is 1. The molecule has 0 spiro atoms. The summed E-state index contributed by atoms with van der Waals surface area (Å²) in [6, 6.07) is 8.66. The van der Waals surface area contributed by atoms with E-state index in [4.69, 9.17) is 4.74 Å². The molecule has 3 nitrogen and oxygen atoms in total. The molecule has 0 aliphatic carbocycles. The average Bonchev–Trinajstić information content (AvgIpc) is 2.61. The molecule has 1 unspecified atom stereocenters. The Morgan fingerprint density at radius 1 is 1.22 bits per heavy atom. The van der Waals surface area contributed by atoms with E-state index in [1.54, 1.807) is 0 Å². The fourth-order valence-electron chi connectivity index (χ4n) is 3.95. The van der Waals surface area contributed by atoms with E-state index < -0.39 is 0 Å². The van der Waals surface area contributed by atoms with Gasteiger partial charge in [-0.1, -0.05) is 24.3 Å². The number of hydrogen-bond donors (Lipinski definition) is 0. The van der Waals surface area contributed by atoms with Gasteiger partial charge in [-0.25, -0.2) is 0 Å². The highest BCUT2D eigenvalue weighted by Gasteiger charge is 2.29. The molecule has 1 aromatic carbocycles. The molecule has 0 radical (unpaired) electrons. The largest absolute Gasteiger partial charge is 0.381 e. The van der Waals surface area contributed by atoms with Crippen LogP contribution in [0.3, 0.4) is 0 Å². The Hall–Kier alpha value is -1.35. The second kappa shape index (κ2) is 7.96. The first-order valence-electron chi connectivity index (χ1n) is 9.15. The topological polar surface area (TPSA) is 29.5 Å². The minimum absolute atomic E-state index is 0.207. The van der Waals surface area contributed by atoms with Gasteiger partial charge in [0.2, 0.25) is 5.91 Å². The third kappa shape index (κ3) is 4.35. The van der Waals surface area contributed by atoms with Crippen molar-refractivity contribution in [2.75, 3.05) is 26.3 Å². The molecule has 1 aromatic rings. The van der Waals surface area contributed by atoms with Crippen molar-refractivity contribution in [1.29, 1.82) is 0 Å². The number of hydrogen-bond acceptors (Lipinski definition) is 2. The second-order valence-corrected chi connectivity index (χ2v) is 7.14. The Balaban J connectivity index is 1.51. The molecule has 23 heavy (non-hydrogen) atoms. The van der Waals surface area contributed by atoms with Crippen LogP contribution in [-0.4, -0.2) is 37.1 Å². The van der Waals surface area contributed by atoms with Gasteiger partial charge in [0.15, 0.2) is 0 Å². The van der Waals surface area contributed by atoms with Crippen molar-refractivity contribution in [1.82, 2.24) is 4.90 Å². The molecule has 1 amide bonds. The normalized spacial score (nSPS) is 23.0. The van der Waals surface area contributed by atoms with Crippen LogP contribution in [0, 0.1) is 18.8 Å². The minimum Gasteiger partial charge on any atom is -0.381 e. The highest BCUT2D eigenvalue weighted by molar-refractivity contribution is 5.79. The van der Waals surface area contributed by atoms with Crippen LogP contribution >= 0.6 is 0 Å². The first-order valence-corrected chi connectivity index (χ1v) is 9.15. The molecule has 2 saturated heterocycles. The molecule has 0 N–H and O–H groups in total. The number of benzene rings is 1. The summed E-state index contributed by atoms with van der Waals surface area (Å²) in [6.07, 6.45) is 6.57. The Labute approximate surface area is 140 Å². The summed E-state index contributed by atoms with van der Waals surface area (Å²) < 4.78 is 5.39. The highest BCUT2D eigenvalue weighted by atomic mass is 16.5. The number of rotatable bonds is 4. The number of ether oxygens (including phenoxy) is 1. The van der Waals surface area contributed by atoms with E-state index in [0.29, 0.717) is 11.8 Å². The zero-order chi connectivity index (χ0) is 16.1. The number of likely N-dealkylation sites (tertiary alicyclic amines) is 1. The summed E-state index contributed by atoms with van der Waals surface area (Å²) in [6.45, 7) is 5.61. The molecule has 1 atom stereocenters. The quantitative estimate of drug-likeness (QED) is 0.850. The summed E-state index contributed by atoms with van der Waals surface area (Å²) in [4.78, 5) is 14.8. The van der Waals surface area contributed by atoms with Crippen LogP contribution in [0.15, 0.2) is 24.3 Å². The molecular formula is C20H29NO2. The van der Waals surface area contributed by atoms with Crippen LogP contribution in [0.2, 0.25) is 0 Å². The van der Waals surface area contributed by atoms with E-state index in [-0.39, 0.29) is 5.92 Å². The van der Waals surface area contributed by atoms with Crippen LogP contribution in [0.1, 0.15) is 43.2 Å². The third-order valence-corrected chi connectivity index (χ3v) is 5.48. The van der Waals surface area contributed by atoms with Gasteiger partial charge in [0.1, 0.15) is 0 Å². The maximum Gasteiger partial charge on any atom is 0.225 e. The molecule has 2 aliphatic heterocycles. The highest BCUT2D eigenvalue weighted by Crippen LogP contribution is 2.25. The van der Waals surface area contributed by atoms with Gasteiger partial charge in [0.05, 0.1) is 0 Å². The van der Waals surface area contributed by atoms with E-state index in [1.165, 1.54) is 24.0 Å². The Kier molecular flexibility index (Phi) is 5.71. The molecule has 2 aliphatic rings. The number of amides is 1. The SMILES string of the molecule is Cc1ccccc1CCC1CCCN(C(=O)C2CCOCC2)C1. The molecule has 126 valence electrons. The lowest BCUT2D eigenvalue weighted by Gasteiger charge is -2.36. The standard InChI is InChI=1S/C20H29NO2/c1-16-5-2-3-7-18(16)9-8-17-6-4-12-21(15-17)20(22)19-10-13-23-14-11-19/h2-3,5,7,17,19H,4,6,8-15H2,1H3. The van der Waals surface area contributed by atoms with Crippen molar-refractivity contribution in [3.05, 3.63) is 35.4 Å². The molecule has 0 aromatic heterocycles. The average molecular weight is 315 g/mol. The third-order valence-electron chi connectivity index (χ3n) is 5.48. The Morgan fingerprint density at radius 3 is 2.78 bits per heavy atom. The van der Waals surface area contributed by atoms with Gasteiger partial charge < -0.3 is 9.64 Å². The summed E-state index contributed by atoms with van der Waals surface area (Å²) in [5.41, 5.74) is 2.85. The minimum atomic E-state index is 0.207. The van der Waals surface area contributed by atoms with E-state index in [1.807, 2.05) is 0 Å². The maximum absolute atomic E-state index is 12.7. The Bertz CT molecular complexity index is 522. The number of nitrogens with zero attached hydrogens (tertiary/aromatic N) is 1. The first-order chi connectivity index (χ1) is 11.2. The van der Waals surface area contributed by atoms with Gasteiger partial charge in [-0.05, 0) is 62.5 Å². The van der Waals surface area contributed by atoms with Crippen LogP contribution in [0.5, 0.6) is 0 Å². The van der Waals surface area contributed by atoms with Crippen molar-refractivity contribution in [3.63, 3.8) is 0 Å². The van der Waals surface area contributed by atoms with Gasteiger partial charge in [-0.15, -0.1) is 0 Å². The lowest BCUT2D eigenvalue weighted by atomic mass is 9.89. The number of carbonyl (C=O) groups is 1.